The number of carbonyl (C=O) groups excluding carboxylic acids is 1. The molecule has 1 aromatic carbocycles. The van der Waals surface area contributed by atoms with Crippen LogP contribution in [-0.2, 0) is 9.84 Å². The van der Waals surface area contributed by atoms with Gasteiger partial charge in [-0.3, -0.25) is 4.79 Å². The Morgan fingerprint density at radius 3 is 2.76 bits per heavy atom. The Labute approximate surface area is 99.9 Å². The lowest BCUT2D eigenvalue weighted by atomic mass is 10.1. The summed E-state index contributed by atoms with van der Waals surface area (Å²) in [7, 11) is -2.97. The molecule has 5 nitrogen and oxygen atoms in total. The van der Waals surface area contributed by atoms with Crippen LogP contribution < -0.4 is 11.1 Å². The quantitative estimate of drug-likeness (QED) is 0.737. The molecular weight excluding hydrogens is 240 g/mol. The molecule has 1 aliphatic heterocycles. The smallest absolute Gasteiger partial charge is 0.251 e. The van der Waals surface area contributed by atoms with E-state index in [4.69, 9.17) is 5.73 Å². The normalized spacial score (nSPS) is 22.2. The third-order valence-corrected chi connectivity index (χ3v) is 4.48. The fourth-order valence-electron chi connectivity index (χ4n) is 1.86. The van der Waals surface area contributed by atoms with Crippen LogP contribution in [0.4, 0.5) is 5.69 Å². The standard InChI is InChI=1S/C11H14N2O3S/c12-9-3-1-2-8(6-9)11(14)13-10-4-5-17(15,16)7-10/h1-3,6,10H,4-5,7,12H2,(H,13,14)/t10-/m0/s1. The summed E-state index contributed by atoms with van der Waals surface area (Å²) in [5.41, 5.74) is 6.54. The number of rotatable bonds is 2. The average molecular weight is 254 g/mol. The van der Waals surface area contributed by atoms with Gasteiger partial charge in [-0.1, -0.05) is 6.07 Å². The van der Waals surface area contributed by atoms with E-state index in [0.29, 0.717) is 17.7 Å². The number of amides is 1. The highest BCUT2D eigenvalue weighted by molar-refractivity contribution is 7.91. The second-order valence-corrected chi connectivity index (χ2v) is 6.43. The van der Waals surface area contributed by atoms with Crippen LogP contribution in [0.5, 0.6) is 0 Å². The molecule has 3 N–H and O–H groups in total. The SMILES string of the molecule is Nc1cccc(C(=O)N[C@H]2CCS(=O)(=O)C2)c1. The van der Waals surface area contributed by atoms with E-state index in [0.717, 1.165) is 0 Å². The summed E-state index contributed by atoms with van der Waals surface area (Å²) >= 11 is 0. The Hall–Kier alpha value is -1.56. The Kier molecular flexibility index (Phi) is 3.06. The fourth-order valence-corrected chi connectivity index (χ4v) is 3.53. The first kappa shape index (κ1) is 11.9. The lowest BCUT2D eigenvalue weighted by molar-refractivity contribution is 0.0941. The number of sulfone groups is 1. The molecule has 6 heteroatoms. The van der Waals surface area contributed by atoms with E-state index in [1.54, 1.807) is 24.3 Å². The zero-order chi connectivity index (χ0) is 12.5. The Morgan fingerprint density at radius 1 is 1.41 bits per heavy atom. The molecule has 0 aliphatic carbocycles. The number of hydrogen-bond donors (Lipinski definition) is 2. The molecule has 1 heterocycles. The number of hydrogen-bond acceptors (Lipinski definition) is 4. The van der Waals surface area contributed by atoms with Crippen LogP contribution in [0.2, 0.25) is 0 Å². The predicted molar refractivity (Wildman–Crippen MR) is 65.4 cm³/mol. The highest BCUT2D eigenvalue weighted by atomic mass is 32.2. The number of nitrogen functional groups attached to an aromatic ring is 1. The maximum atomic E-state index is 11.8. The van der Waals surface area contributed by atoms with Crippen molar-refractivity contribution in [1.82, 2.24) is 5.32 Å². The van der Waals surface area contributed by atoms with Crippen LogP contribution in [0.1, 0.15) is 16.8 Å². The summed E-state index contributed by atoms with van der Waals surface area (Å²) in [6, 6.07) is 6.31. The average Bonchev–Trinajstić information content (AvgIpc) is 2.58. The first-order valence-corrected chi connectivity index (χ1v) is 7.15. The van der Waals surface area contributed by atoms with E-state index in [1.165, 1.54) is 0 Å². The molecule has 92 valence electrons. The van der Waals surface area contributed by atoms with Gasteiger partial charge < -0.3 is 11.1 Å². The number of carbonyl (C=O) groups is 1. The third kappa shape index (κ3) is 2.97. The van der Waals surface area contributed by atoms with Crippen molar-refractivity contribution in [3.63, 3.8) is 0 Å². The molecule has 1 atom stereocenters. The van der Waals surface area contributed by atoms with Gasteiger partial charge in [0.15, 0.2) is 9.84 Å². The zero-order valence-corrected chi connectivity index (χ0v) is 10.0. The summed E-state index contributed by atoms with van der Waals surface area (Å²) in [6.45, 7) is 0. The first-order chi connectivity index (χ1) is 7.96. The van der Waals surface area contributed by atoms with Crippen molar-refractivity contribution in [1.29, 1.82) is 0 Å². The molecule has 1 aliphatic rings. The minimum atomic E-state index is -2.97. The zero-order valence-electron chi connectivity index (χ0n) is 9.22. The lowest BCUT2D eigenvalue weighted by Gasteiger charge is -2.10. The van der Waals surface area contributed by atoms with E-state index >= 15 is 0 Å². The molecule has 0 bridgehead atoms. The van der Waals surface area contributed by atoms with E-state index in [2.05, 4.69) is 5.32 Å². The molecule has 2 rings (SSSR count). The van der Waals surface area contributed by atoms with Gasteiger partial charge in [0.25, 0.3) is 5.91 Å². The number of nitrogens with one attached hydrogen (secondary N) is 1. The second kappa shape index (κ2) is 4.37. The Balaban J connectivity index is 2.03. The van der Waals surface area contributed by atoms with Crippen molar-refractivity contribution in [3.8, 4) is 0 Å². The summed E-state index contributed by atoms with van der Waals surface area (Å²) in [5.74, 6) is -0.102. The third-order valence-electron chi connectivity index (χ3n) is 2.72. The lowest BCUT2D eigenvalue weighted by Crippen LogP contribution is -2.35. The van der Waals surface area contributed by atoms with Gasteiger partial charge >= 0.3 is 0 Å². The first-order valence-electron chi connectivity index (χ1n) is 5.33. The van der Waals surface area contributed by atoms with Crippen molar-refractivity contribution >= 4 is 21.4 Å². The second-order valence-electron chi connectivity index (χ2n) is 4.20. The highest BCUT2D eigenvalue weighted by Gasteiger charge is 2.29. The molecule has 1 amide bonds. The predicted octanol–water partition coefficient (Wildman–Crippen LogP) is 0.186. The van der Waals surface area contributed by atoms with Crippen molar-refractivity contribution in [3.05, 3.63) is 29.8 Å². The maximum Gasteiger partial charge on any atom is 0.251 e. The minimum Gasteiger partial charge on any atom is -0.399 e. The molecular formula is C11H14N2O3S. The van der Waals surface area contributed by atoms with Gasteiger partial charge in [0, 0.05) is 17.3 Å². The fraction of sp³-hybridized carbons (Fsp3) is 0.364. The molecule has 1 fully saturated rings. The van der Waals surface area contributed by atoms with Gasteiger partial charge in [-0.15, -0.1) is 0 Å². The molecule has 1 aromatic rings. The van der Waals surface area contributed by atoms with Crippen LogP contribution >= 0.6 is 0 Å². The monoisotopic (exact) mass is 254 g/mol. The van der Waals surface area contributed by atoms with Gasteiger partial charge in [-0.25, -0.2) is 8.42 Å². The molecule has 0 aromatic heterocycles. The van der Waals surface area contributed by atoms with Crippen molar-refractivity contribution in [2.45, 2.75) is 12.5 Å². The van der Waals surface area contributed by atoms with Gasteiger partial charge in [0.05, 0.1) is 11.5 Å². The molecule has 0 saturated carbocycles. The summed E-state index contributed by atoms with van der Waals surface area (Å²) in [6.07, 6.45) is 0.483. The molecule has 1 saturated heterocycles. The number of anilines is 1. The van der Waals surface area contributed by atoms with Gasteiger partial charge in [0.2, 0.25) is 0 Å². The Bertz CT molecular complexity index is 539. The number of nitrogens with two attached hydrogens (primary N) is 1. The molecule has 0 spiro atoms. The topological polar surface area (TPSA) is 89.3 Å². The van der Waals surface area contributed by atoms with Crippen LogP contribution in [0.15, 0.2) is 24.3 Å². The summed E-state index contributed by atoms with van der Waals surface area (Å²) in [5, 5.41) is 2.70. The molecule has 0 radical (unpaired) electrons. The molecule has 17 heavy (non-hydrogen) atoms. The summed E-state index contributed by atoms with van der Waals surface area (Å²) < 4.78 is 22.5. The number of benzene rings is 1. The maximum absolute atomic E-state index is 11.8. The van der Waals surface area contributed by atoms with Gasteiger partial charge in [0.1, 0.15) is 0 Å². The highest BCUT2D eigenvalue weighted by Crippen LogP contribution is 2.13. The van der Waals surface area contributed by atoms with Crippen molar-refractivity contribution < 1.29 is 13.2 Å². The van der Waals surface area contributed by atoms with E-state index < -0.39 is 9.84 Å². The van der Waals surface area contributed by atoms with Crippen LogP contribution in [0.25, 0.3) is 0 Å². The van der Waals surface area contributed by atoms with E-state index in [9.17, 15) is 13.2 Å². The van der Waals surface area contributed by atoms with Crippen LogP contribution in [0.3, 0.4) is 0 Å². The van der Waals surface area contributed by atoms with E-state index in [-0.39, 0.29) is 23.5 Å². The minimum absolute atomic E-state index is 0.0288. The van der Waals surface area contributed by atoms with Gasteiger partial charge in [-0.05, 0) is 24.6 Å². The van der Waals surface area contributed by atoms with Crippen molar-refractivity contribution in [2.75, 3.05) is 17.2 Å². The Morgan fingerprint density at radius 2 is 2.18 bits per heavy atom. The van der Waals surface area contributed by atoms with Crippen molar-refractivity contribution in [2.24, 2.45) is 0 Å². The van der Waals surface area contributed by atoms with Gasteiger partial charge in [-0.2, -0.15) is 0 Å². The summed E-state index contributed by atoms with van der Waals surface area (Å²) in [4.78, 5) is 11.8. The van der Waals surface area contributed by atoms with Crippen LogP contribution in [-0.4, -0.2) is 31.9 Å². The molecule has 0 unspecified atom stereocenters. The largest absolute Gasteiger partial charge is 0.399 e. The van der Waals surface area contributed by atoms with E-state index in [1.807, 2.05) is 0 Å². The van der Waals surface area contributed by atoms with Crippen LogP contribution in [0, 0.1) is 0 Å².